The molecule has 1 aromatic heterocycles. The van der Waals surface area contributed by atoms with Crippen molar-refractivity contribution in [2.75, 3.05) is 19.4 Å². The number of hydrogen-bond donors (Lipinski definition) is 1. The zero-order chi connectivity index (χ0) is 21.7. The van der Waals surface area contributed by atoms with E-state index in [-0.39, 0.29) is 18.2 Å². The molecule has 0 spiro atoms. The number of ether oxygens (including phenoxy) is 1. The van der Waals surface area contributed by atoms with Crippen LogP contribution in [0.15, 0.2) is 47.4 Å². The Morgan fingerprint density at radius 2 is 1.77 bits per heavy atom. The maximum Gasteiger partial charge on any atom is 0.254 e. The van der Waals surface area contributed by atoms with Gasteiger partial charge >= 0.3 is 0 Å². The van der Waals surface area contributed by atoms with E-state index in [0.717, 1.165) is 37.5 Å². The van der Waals surface area contributed by atoms with Gasteiger partial charge in [-0.1, -0.05) is 30.3 Å². The molecule has 1 saturated carbocycles. The second kappa shape index (κ2) is 9.90. The van der Waals surface area contributed by atoms with Crippen molar-refractivity contribution < 1.29 is 13.2 Å². The van der Waals surface area contributed by atoms with Crippen molar-refractivity contribution in [2.45, 2.75) is 57.6 Å². The van der Waals surface area contributed by atoms with Crippen LogP contribution in [0, 0.1) is 13.8 Å². The monoisotopic (exact) mass is 432 g/mol. The minimum absolute atomic E-state index is 0.105. The first-order chi connectivity index (χ1) is 14.2. The summed E-state index contributed by atoms with van der Waals surface area (Å²) in [6.45, 7) is 4.11. The third-order valence-electron chi connectivity index (χ3n) is 6.08. The van der Waals surface area contributed by atoms with E-state index >= 15 is 0 Å². The average Bonchev–Trinajstić information content (AvgIpc) is 2.73. The third-order valence-corrected chi connectivity index (χ3v) is 6.77. The van der Waals surface area contributed by atoms with Crippen LogP contribution in [0.4, 0.5) is 0 Å². The number of rotatable bonds is 8. The number of pyridine rings is 1. The van der Waals surface area contributed by atoms with Gasteiger partial charge in [0.05, 0.1) is 25.0 Å². The predicted molar refractivity (Wildman–Crippen MR) is 119 cm³/mol. The molecule has 0 radical (unpaired) electrons. The van der Waals surface area contributed by atoms with Crippen LogP contribution in [-0.4, -0.2) is 38.5 Å². The van der Waals surface area contributed by atoms with Crippen LogP contribution in [0.2, 0.25) is 0 Å². The van der Waals surface area contributed by atoms with Gasteiger partial charge < -0.3 is 9.30 Å². The summed E-state index contributed by atoms with van der Waals surface area (Å²) in [6, 6.07) is 12.1. The average molecular weight is 433 g/mol. The summed E-state index contributed by atoms with van der Waals surface area (Å²) >= 11 is 0. The topological polar surface area (TPSA) is 77.4 Å². The van der Waals surface area contributed by atoms with Crippen LogP contribution < -0.4 is 10.3 Å². The quantitative estimate of drug-likeness (QED) is 0.694. The molecule has 1 heterocycles. The Morgan fingerprint density at radius 1 is 1.10 bits per heavy atom. The number of sulfonamides is 1. The lowest BCUT2D eigenvalue weighted by molar-refractivity contribution is 0.00733. The highest BCUT2D eigenvalue weighted by Crippen LogP contribution is 2.34. The van der Waals surface area contributed by atoms with E-state index in [1.165, 1.54) is 5.56 Å². The summed E-state index contributed by atoms with van der Waals surface area (Å²) in [5.41, 5.74) is 2.87. The summed E-state index contributed by atoms with van der Waals surface area (Å²) in [6.07, 6.45) is 7.07. The molecule has 0 amide bonds. The predicted octanol–water partition coefficient (Wildman–Crippen LogP) is 3.30. The lowest BCUT2D eigenvalue weighted by Gasteiger charge is -2.30. The Balaban J connectivity index is 1.64. The van der Waals surface area contributed by atoms with E-state index in [4.69, 9.17) is 4.74 Å². The molecular formula is C23H32N2O4S. The van der Waals surface area contributed by atoms with Crippen molar-refractivity contribution in [3.8, 4) is 0 Å². The van der Waals surface area contributed by atoms with E-state index in [1.807, 2.05) is 19.1 Å². The molecule has 164 valence electrons. The van der Waals surface area contributed by atoms with Gasteiger partial charge in [0, 0.05) is 18.3 Å². The van der Waals surface area contributed by atoms with Gasteiger partial charge in [-0.15, -0.1) is 0 Å². The molecule has 0 bridgehead atoms. The summed E-state index contributed by atoms with van der Waals surface area (Å²) in [4.78, 5) is 12.7. The van der Waals surface area contributed by atoms with Crippen LogP contribution in [0.5, 0.6) is 0 Å². The zero-order valence-electron chi connectivity index (χ0n) is 18.0. The second-order valence-corrected chi connectivity index (χ2v) is 10.2. The Labute approximate surface area is 179 Å². The van der Waals surface area contributed by atoms with Gasteiger partial charge in [-0.3, -0.25) is 4.79 Å². The van der Waals surface area contributed by atoms with E-state index < -0.39 is 16.1 Å². The highest BCUT2D eigenvalue weighted by atomic mass is 32.2. The Kier molecular flexibility index (Phi) is 7.50. The maximum absolute atomic E-state index is 12.7. The summed E-state index contributed by atoms with van der Waals surface area (Å²) in [7, 11) is -3.36. The molecule has 1 aromatic carbocycles. The van der Waals surface area contributed by atoms with Crippen molar-refractivity contribution in [1.29, 1.82) is 0 Å². The molecule has 1 unspecified atom stereocenters. The number of aryl methyl sites for hydroxylation is 1. The fourth-order valence-electron chi connectivity index (χ4n) is 4.05. The molecular weight excluding hydrogens is 400 g/mol. The molecule has 1 N–H and O–H groups in total. The van der Waals surface area contributed by atoms with Crippen molar-refractivity contribution >= 4 is 10.0 Å². The highest BCUT2D eigenvalue weighted by Gasteiger charge is 2.24. The Hall–Kier alpha value is -1.96. The first-order valence-corrected chi connectivity index (χ1v) is 12.4. The van der Waals surface area contributed by atoms with Gasteiger partial charge in [0.25, 0.3) is 5.56 Å². The fourth-order valence-corrected chi connectivity index (χ4v) is 4.55. The standard InChI is InChI=1S/C23H32N2O4S/c1-17-13-14-25(23(26)18(17)2)21(15-24-30(3,27)28)16-29-22-11-9-20(10-12-22)19-7-5-4-6-8-19/h4-8,13-14,20-22,24H,9-12,15-16H2,1-3H3/t20-,21?,22+. The normalized spacial score (nSPS) is 20.8. The van der Waals surface area contributed by atoms with Crippen molar-refractivity contribution in [2.24, 2.45) is 0 Å². The minimum atomic E-state index is -3.36. The van der Waals surface area contributed by atoms with Crippen molar-refractivity contribution in [1.82, 2.24) is 9.29 Å². The van der Waals surface area contributed by atoms with Gasteiger partial charge in [-0.05, 0) is 62.6 Å². The maximum atomic E-state index is 12.7. The second-order valence-electron chi connectivity index (χ2n) is 8.33. The van der Waals surface area contributed by atoms with Crippen LogP contribution in [-0.2, 0) is 14.8 Å². The van der Waals surface area contributed by atoms with Gasteiger partial charge in [0.1, 0.15) is 0 Å². The molecule has 1 fully saturated rings. The number of nitrogens with zero attached hydrogens (tertiary/aromatic N) is 1. The number of nitrogens with one attached hydrogen (secondary N) is 1. The van der Waals surface area contributed by atoms with Gasteiger partial charge in [-0.25, -0.2) is 13.1 Å². The van der Waals surface area contributed by atoms with Crippen LogP contribution >= 0.6 is 0 Å². The number of benzene rings is 1. The van der Waals surface area contributed by atoms with E-state index in [1.54, 1.807) is 17.7 Å². The lowest BCUT2D eigenvalue weighted by Crippen LogP contribution is -2.38. The molecule has 0 aliphatic heterocycles. The molecule has 1 atom stereocenters. The largest absolute Gasteiger partial charge is 0.376 e. The summed E-state index contributed by atoms with van der Waals surface area (Å²) < 4.78 is 33.5. The smallest absolute Gasteiger partial charge is 0.254 e. The highest BCUT2D eigenvalue weighted by molar-refractivity contribution is 7.88. The van der Waals surface area contributed by atoms with E-state index in [0.29, 0.717) is 18.1 Å². The number of hydrogen-bond acceptors (Lipinski definition) is 4. The zero-order valence-corrected chi connectivity index (χ0v) is 18.8. The third kappa shape index (κ3) is 6.03. The molecule has 2 aromatic rings. The van der Waals surface area contributed by atoms with Crippen LogP contribution in [0.25, 0.3) is 0 Å². The van der Waals surface area contributed by atoms with E-state index in [2.05, 4.69) is 29.0 Å². The Bertz CT molecular complexity index is 994. The molecule has 3 rings (SSSR count). The van der Waals surface area contributed by atoms with Crippen LogP contribution in [0.1, 0.15) is 54.3 Å². The van der Waals surface area contributed by atoms with Crippen molar-refractivity contribution in [3.05, 3.63) is 69.6 Å². The van der Waals surface area contributed by atoms with Gasteiger partial charge in [0.15, 0.2) is 0 Å². The molecule has 6 nitrogen and oxygen atoms in total. The SMILES string of the molecule is Cc1ccn(C(CNS(C)(=O)=O)CO[C@H]2CC[C@@H](c3ccccc3)CC2)c(=O)c1C. The van der Waals surface area contributed by atoms with Crippen LogP contribution in [0.3, 0.4) is 0 Å². The lowest BCUT2D eigenvalue weighted by atomic mass is 9.83. The molecule has 1 aliphatic carbocycles. The first-order valence-electron chi connectivity index (χ1n) is 10.5. The summed E-state index contributed by atoms with van der Waals surface area (Å²) in [5.74, 6) is 0.566. The molecule has 30 heavy (non-hydrogen) atoms. The Morgan fingerprint density at radius 3 is 2.40 bits per heavy atom. The molecule has 7 heteroatoms. The summed E-state index contributed by atoms with van der Waals surface area (Å²) in [5, 5.41) is 0. The minimum Gasteiger partial charge on any atom is -0.376 e. The molecule has 0 saturated heterocycles. The van der Waals surface area contributed by atoms with Gasteiger partial charge in [0.2, 0.25) is 10.0 Å². The number of aromatic nitrogens is 1. The fraction of sp³-hybridized carbons (Fsp3) is 0.522. The first kappa shape index (κ1) is 22.7. The van der Waals surface area contributed by atoms with Gasteiger partial charge in [-0.2, -0.15) is 0 Å². The van der Waals surface area contributed by atoms with E-state index in [9.17, 15) is 13.2 Å². The van der Waals surface area contributed by atoms with Crippen molar-refractivity contribution in [3.63, 3.8) is 0 Å². The molecule has 1 aliphatic rings.